The van der Waals surface area contributed by atoms with Gasteiger partial charge in [-0.1, -0.05) is 37.8 Å². The van der Waals surface area contributed by atoms with Crippen molar-refractivity contribution >= 4 is 35.2 Å². The van der Waals surface area contributed by atoms with Gasteiger partial charge in [-0.05, 0) is 12.1 Å². The summed E-state index contributed by atoms with van der Waals surface area (Å²) in [6.45, 7) is 7.04. The molecule has 1 radical (unpaired) electrons. The quantitative estimate of drug-likeness (QED) is 0.279. The van der Waals surface area contributed by atoms with Gasteiger partial charge in [0.1, 0.15) is 11.2 Å². The Bertz CT molecular complexity index is 1030. The van der Waals surface area contributed by atoms with Crippen LogP contribution in [0.15, 0.2) is 59.1 Å². The summed E-state index contributed by atoms with van der Waals surface area (Å²) < 4.78 is 6.14. The summed E-state index contributed by atoms with van der Waals surface area (Å²) in [5, 5.41) is 17.6. The summed E-state index contributed by atoms with van der Waals surface area (Å²) in [5.74, 6) is 0. The summed E-state index contributed by atoms with van der Waals surface area (Å²) in [6, 6.07) is 19.8. The molecular formula is C22H26IrNO3Si-. The molecule has 151 valence electrons. The van der Waals surface area contributed by atoms with Gasteiger partial charge in [-0.25, -0.2) is 0 Å². The van der Waals surface area contributed by atoms with Crippen LogP contribution in [0.25, 0.3) is 33.2 Å². The molecule has 4 rings (SSSR count). The Morgan fingerprint density at radius 3 is 2.25 bits per heavy atom. The van der Waals surface area contributed by atoms with E-state index in [4.69, 9.17) is 14.6 Å². The fourth-order valence-corrected chi connectivity index (χ4v) is 4.62. The minimum Gasteiger partial charge on any atom is -0.464 e. The standard InChI is InChI=1S/C20H18NOSi.2CH4O.Ir/c1-23(2,3)18-11-7-5-9-16(18)19-20-15(12-13-21-19)14-8-4-6-10-17(14)22-20;2*1-2;/h4-8,10-13H,1-3H3;2*2H,1H3;/q-1;;;. The molecule has 0 spiro atoms. The van der Waals surface area contributed by atoms with Gasteiger partial charge in [-0.2, -0.15) is 0 Å². The number of hydrogen-bond donors (Lipinski definition) is 2. The molecule has 4 aromatic rings. The Hall–Kier alpha value is -1.82. The first-order valence-corrected chi connectivity index (χ1v) is 12.2. The number of aliphatic hydroxyl groups excluding tert-OH is 2. The van der Waals surface area contributed by atoms with E-state index in [9.17, 15) is 0 Å². The average Bonchev–Trinajstić information content (AvgIpc) is 3.09. The van der Waals surface area contributed by atoms with E-state index in [1.54, 1.807) is 0 Å². The van der Waals surface area contributed by atoms with Crippen molar-refractivity contribution in [1.29, 1.82) is 0 Å². The van der Waals surface area contributed by atoms with E-state index in [0.717, 1.165) is 47.4 Å². The summed E-state index contributed by atoms with van der Waals surface area (Å²) in [7, 11) is 0.500. The van der Waals surface area contributed by atoms with Gasteiger partial charge < -0.3 is 19.6 Å². The maximum absolute atomic E-state index is 7.00. The fourth-order valence-electron chi connectivity index (χ4n) is 3.09. The van der Waals surface area contributed by atoms with E-state index >= 15 is 0 Å². The maximum Gasteiger partial charge on any atom is 0.134 e. The largest absolute Gasteiger partial charge is 0.464 e. The zero-order valence-electron chi connectivity index (χ0n) is 16.8. The number of rotatable bonds is 2. The summed E-state index contributed by atoms with van der Waals surface area (Å²) in [5.41, 5.74) is 3.74. The number of furan rings is 1. The van der Waals surface area contributed by atoms with Gasteiger partial charge in [0.25, 0.3) is 0 Å². The Balaban J connectivity index is 0.000000739. The van der Waals surface area contributed by atoms with Crippen LogP contribution in [0.5, 0.6) is 0 Å². The molecule has 2 aromatic heterocycles. The van der Waals surface area contributed by atoms with Gasteiger partial charge in [0.15, 0.2) is 0 Å². The molecule has 0 fully saturated rings. The van der Waals surface area contributed by atoms with Crippen LogP contribution in [0.1, 0.15) is 0 Å². The molecule has 0 saturated heterocycles. The van der Waals surface area contributed by atoms with Gasteiger partial charge in [-0.15, -0.1) is 35.0 Å². The predicted molar refractivity (Wildman–Crippen MR) is 115 cm³/mol. The second-order valence-electron chi connectivity index (χ2n) is 6.84. The van der Waals surface area contributed by atoms with Crippen molar-refractivity contribution in [2.24, 2.45) is 0 Å². The molecule has 0 amide bonds. The maximum atomic E-state index is 7.00. The SMILES string of the molecule is CO.CO.C[Si](C)(C)c1ccc[c-]c1-c1nccc2c1oc1ccccc12.[Ir]. The first kappa shape index (κ1) is 24.2. The number of aliphatic hydroxyl groups is 2. The zero-order valence-corrected chi connectivity index (χ0v) is 20.2. The monoisotopic (exact) mass is 573 g/mol. The van der Waals surface area contributed by atoms with Crippen LogP contribution in [0, 0.1) is 6.07 Å². The molecule has 0 aliphatic carbocycles. The molecule has 2 heterocycles. The number of nitrogens with zero attached hydrogens (tertiary/aromatic N) is 1. The average molecular weight is 573 g/mol. The van der Waals surface area contributed by atoms with Crippen LogP contribution in [0.3, 0.4) is 0 Å². The minimum atomic E-state index is -1.50. The number of aromatic nitrogens is 1. The van der Waals surface area contributed by atoms with Gasteiger partial charge >= 0.3 is 0 Å². The molecule has 0 bridgehead atoms. The summed E-state index contributed by atoms with van der Waals surface area (Å²) in [4.78, 5) is 4.64. The molecular weight excluding hydrogens is 547 g/mol. The summed E-state index contributed by atoms with van der Waals surface area (Å²) >= 11 is 0. The van der Waals surface area contributed by atoms with Crippen molar-refractivity contribution in [3.8, 4) is 11.3 Å². The molecule has 2 N–H and O–H groups in total. The van der Waals surface area contributed by atoms with E-state index < -0.39 is 8.07 Å². The third kappa shape index (κ3) is 4.77. The fraction of sp³-hybridized carbons (Fsp3) is 0.227. The van der Waals surface area contributed by atoms with E-state index in [1.807, 2.05) is 36.5 Å². The normalized spacial score (nSPS) is 10.4. The Morgan fingerprint density at radius 2 is 1.57 bits per heavy atom. The number of pyridine rings is 1. The molecule has 0 aliphatic rings. The Kier molecular flexibility index (Phi) is 9.21. The van der Waals surface area contributed by atoms with Crippen LogP contribution in [-0.2, 0) is 20.1 Å². The van der Waals surface area contributed by atoms with Gasteiger partial charge in [0.05, 0.1) is 0 Å². The minimum absolute atomic E-state index is 0. The van der Waals surface area contributed by atoms with Crippen molar-refractivity contribution in [3.63, 3.8) is 0 Å². The Morgan fingerprint density at radius 1 is 0.893 bits per heavy atom. The van der Waals surface area contributed by atoms with Crippen molar-refractivity contribution in [1.82, 2.24) is 4.98 Å². The van der Waals surface area contributed by atoms with Gasteiger partial charge in [0, 0.05) is 65.1 Å². The van der Waals surface area contributed by atoms with E-state index in [1.165, 1.54) is 5.19 Å². The molecule has 28 heavy (non-hydrogen) atoms. The van der Waals surface area contributed by atoms with E-state index in [2.05, 4.69) is 48.9 Å². The third-order valence-corrected chi connectivity index (χ3v) is 6.23. The second kappa shape index (κ2) is 10.6. The molecule has 6 heteroatoms. The van der Waals surface area contributed by atoms with Gasteiger partial charge in [-0.3, -0.25) is 0 Å². The molecule has 0 atom stereocenters. The van der Waals surface area contributed by atoms with Crippen molar-refractivity contribution in [3.05, 3.63) is 60.8 Å². The number of para-hydroxylation sites is 1. The number of fused-ring (bicyclic) bond motifs is 3. The molecule has 0 unspecified atom stereocenters. The first-order valence-electron chi connectivity index (χ1n) is 8.73. The van der Waals surface area contributed by atoms with Crippen molar-refractivity contribution in [2.45, 2.75) is 19.6 Å². The predicted octanol–water partition coefficient (Wildman–Crippen LogP) is 4.21. The van der Waals surface area contributed by atoms with Gasteiger partial charge in [0.2, 0.25) is 0 Å². The zero-order chi connectivity index (χ0) is 20.0. The van der Waals surface area contributed by atoms with Crippen molar-refractivity contribution in [2.75, 3.05) is 14.2 Å². The second-order valence-corrected chi connectivity index (χ2v) is 11.9. The van der Waals surface area contributed by atoms with Crippen molar-refractivity contribution < 1.29 is 34.7 Å². The number of benzene rings is 2. The number of hydrogen-bond acceptors (Lipinski definition) is 4. The van der Waals surface area contributed by atoms with Crippen LogP contribution >= 0.6 is 0 Å². The van der Waals surface area contributed by atoms with Crippen LogP contribution < -0.4 is 5.19 Å². The van der Waals surface area contributed by atoms with Crippen LogP contribution in [0.2, 0.25) is 19.6 Å². The third-order valence-electron chi connectivity index (χ3n) is 4.19. The first-order chi connectivity index (χ1) is 13.1. The Labute approximate surface area is 180 Å². The summed E-state index contributed by atoms with van der Waals surface area (Å²) in [6.07, 6.45) is 1.87. The topological polar surface area (TPSA) is 66.5 Å². The van der Waals surface area contributed by atoms with Crippen LogP contribution in [0.4, 0.5) is 0 Å². The van der Waals surface area contributed by atoms with E-state index in [0.29, 0.717) is 0 Å². The molecule has 0 aliphatic heterocycles. The molecule has 4 nitrogen and oxygen atoms in total. The van der Waals surface area contributed by atoms with Crippen LogP contribution in [-0.4, -0.2) is 37.5 Å². The van der Waals surface area contributed by atoms with E-state index in [-0.39, 0.29) is 20.1 Å². The molecule has 2 aromatic carbocycles. The smallest absolute Gasteiger partial charge is 0.134 e. The molecule has 0 saturated carbocycles.